The fraction of sp³-hybridized carbons (Fsp3) is 0.857. The second-order valence-electron chi connectivity index (χ2n) is 2.82. The number of nitrogens with zero attached hydrogens (tertiary/aromatic N) is 2. The van der Waals surface area contributed by atoms with Gasteiger partial charge in [-0.3, -0.25) is 5.41 Å². The zero-order valence-corrected chi connectivity index (χ0v) is 6.51. The van der Waals surface area contributed by atoms with Crippen LogP contribution in [0.4, 0.5) is 0 Å². The van der Waals surface area contributed by atoms with Crippen LogP contribution in [-0.4, -0.2) is 49.4 Å². The molecule has 0 aliphatic carbocycles. The Kier molecular flexibility index (Phi) is 2.68. The Morgan fingerprint density at radius 1 is 1.20 bits per heavy atom. The van der Waals surface area contributed by atoms with Crippen molar-refractivity contribution in [3.8, 4) is 0 Å². The molecule has 1 heterocycles. The van der Waals surface area contributed by atoms with E-state index in [-0.39, 0.29) is 0 Å². The maximum absolute atomic E-state index is 7.04. The van der Waals surface area contributed by atoms with Crippen LogP contribution in [0.5, 0.6) is 0 Å². The van der Waals surface area contributed by atoms with Crippen LogP contribution in [0.25, 0.3) is 0 Å². The van der Waals surface area contributed by atoms with E-state index in [1.54, 1.807) is 0 Å². The number of likely N-dealkylation sites (N-methyl/N-ethyl adjacent to an activating group) is 1. The number of hydrogen-bond donors (Lipinski definition) is 1. The van der Waals surface area contributed by atoms with Crippen LogP contribution in [0.3, 0.4) is 0 Å². The molecule has 0 amide bonds. The maximum Gasteiger partial charge on any atom is 0.0817 e. The minimum atomic E-state index is 1.01. The summed E-state index contributed by atoms with van der Waals surface area (Å²) in [5.41, 5.74) is 0. The van der Waals surface area contributed by atoms with E-state index in [4.69, 9.17) is 5.41 Å². The zero-order chi connectivity index (χ0) is 7.40. The third-order valence-corrected chi connectivity index (χ3v) is 1.94. The molecule has 0 spiro atoms. The minimum Gasteiger partial charge on any atom is -0.362 e. The van der Waals surface area contributed by atoms with Gasteiger partial charge in [0.25, 0.3) is 0 Å². The minimum absolute atomic E-state index is 1.01. The van der Waals surface area contributed by atoms with Gasteiger partial charge in [0.05, 0.1) is 6.34 Å². The Labute approximate surface area is 62.1 Å². The second-order valence-corrected chi connectivity index (χ2v) is 2.82. The van der Waals surface area contributed by atoms with Crippen molar-refractivity contribution in [3.63, 3.8) is 0 Å². The Balaban J connectivity index is 2.32. The van der Waals surface area contributed by atoms with E-state index in [0.717, 1.165) is 19.6 Å². The lowest BCUT2D eigenvalue weighted by molar-refractivity contribution is 0.347. The molecule has 1 aliphatic heterocycles. The molecular weight excluding hydrogens is 126 g/mol. The van der Waals surface area contributed by atoms with Crippen molar-refractivity contribution >= 4 is 6.34 Å². The lowest BCUT2D eigenvalue weighted by atomic mass is 10.4. The normalized spacial score (nSPS) is 22.3. The van der Waals surface area contributed by atoms with Gasteiger partial charge in [-0.25, -0.2) is 0 Å². The monoisotopic (exact) mass is 141 g/mol. The fourth-order valence-corrected chi connectivity index (χ4v) is 1.20. The SMILES string of the molecule is CN1CCCN(C=N)CC1. The Bertz CT molecular complexity index is 113. The van der Waals surface area contributed by atoms with Gasteiger partial charge >= 0.3 is 0 Å². The highest BCUT2D eigenvalue weighted by molar-refractivity contribution is 5.50. The topological polar surface area (TPSA) is 30.3 Å². The number of rotatable bonds is 1. The first-order chi connectivity index (χ1) is 4.83. The Hall–Kier alpha value is -0.570. The summed E-state index contributed by atoms with van der Waals surface area (Å²) in [6.07, 6.45) is 2.63. The highest BCUT2D eigenvalue weighted by Gasteiger charge is 2.07. The van der Waals surface area contributed by atoms with E-state index in [1.807, 2.05) is 0 Å². The first-order valence-corrected chi connectivity index (χ1v) is 3.76. The van der Waals surface area contributed by atoms with Crippen LogP contribution in [0.15, 0.2) is 0 Å². The largest absolute Gasteiger partial charge is 0.362 e. The molecule has 0 bridgehead atoms. The molecule has 0 unspecified atom stereocenters. The predicted molar refractivity (Wildman–Crippen MR) is 42.5 cm³/mol. The van der Waals surface area contributed by atoms with Crippen LogP contribution >= 0.6 is 0 Å². The molecule has 1 rings (SSSR count). The maximum atomic E-state index is 7.04. The van der Waals surface area contributed by atoms with Gasteiger partial charge in [0.15, 0.2) is 0 Å². The van der Waals surface area contributed by atoms with Gasteiger partial charge in [-0.1, -0.05) is 0 Å². The Morgan fingerprint density at radius 2 is 2.00 bits per heavy atom. The molecule has 1 fully saturated rings. The van der Waals surface area contributed by atoms with Crippen LogP contribution in [0.2, 0.25) is 0 Å². The smallest absolute Gasteiger partial charge is 0.0817 e. The van der Waals surface area contributed by atoms with Crippen LogP contribution < -0.4 is 0 Å². The molecule has 1 N–H and O–H groups in total. The molecule has 3 nitrogen and oxygen atoms in total. The van der Waals surface area contributed by atoms with E-state index in [1.165, 1.54) is 19.3 Å². The van der Waals surface area contributed by atoms with Gasteiger partial charge in [-0.15, -0.1) is 0 Å². The quantitative estimate of drug-likeness (QED) is 0.418. The molecule has 1 aliphatic rings. The van der Waals surface area contributed by atoms with Gasteiger partial charge in [0.1, 0.15) is 0 Å². The molecule has 0 radical (unpaired) electrons. The third kappa shape index (κ3) is 1.99. The van der Waals surface area contributed by atoms with E-state index in [9.17, 15) is 0 Å². The van der Waals surface area contributed by atoms with Crippen molar-refractivity contribution in [3.05, 3.63) is 0 Å². The highest BCUT2D eigenvalue weighted by Crippen LogP contribution is 1.97. The predicted octanol–water partition coefficient (Wildman–Crippen LogP) is 0.231. The molecule has 10 heavy (non-hydrogen) atoms. The highest BCUT2D eigenvalue weighted by atomic mass is 15.2. The summed E-state index contributed by atoms with van der Waals surface area (Å²) in [5, 5.41) is 7.04. The molecule has 58 valence electrons. The van der Waals surface area contributed by atoms with Crippen LogP contribution in [-0.2, 0) is 0 Å². The van der Waals surface area contributed by atoms with E-state index in [2.05, 4.69) is 16.8 Å². The van der Waals surface area contributed by atoms with Crippen LogP contribution in [0, 0.1) is 5.41 Å². The van der Waals surface area contributed by atoms with Crippen molar-refractivity contribution in [1.29, 1.82) is 5.41 Å². The van der Waals surface area contributed by atoms with Gasteiger partial charge in [-0.05, 0) is 20.0 Å². The fourth-order valence-electron chi connectivity index (χ4n) is 1.20. The lowest BCUT2D eigenvalue weighted by Crippen LogP contribution is -2.27. The lowest BCUT2D eigenvalue weighted by Gasteiger charge is -2.15. The summed E-state index contributed by atoms with van der Waals surface area (Å²) >= 11 is 0. The van der Waals surface area contributed by atoms with E-state index < -0.39 is 0 Å². The summed E-state index contributed by atoms with van der Waals surface area (Å²) in [6.45, 7) is 4.33. The Morgan fingerprint density at radius 3 is 2.70 bits per heavy atom. The standard InChI is InChI=1S/C7H15N3/c1-9-3-2-4-10(7-8)6-5-9/h7-8H,2-6H2,1H3. The van der Waals surface area contributed by atoms with Crippen molar-refractivity contribution in [1.82, 2.24) is 9.80 Å². The summed E-state index contributed by atoms with van der Waals surface area (Å²) in [7, 11) is 2.13. The molecule has 3 heteroatoms. The molecule has 0 aromatic carbocycles. The summed E-state index contributed by atoms with van der Waals surface area (Å²) < 4.78 is 0. The first-order valence-electron chi connectivity index (χ1n) is 3.76. The van der Waals surface area contributed by atoms with Gasteiger partial charge < -0.3 is 9.80 Å². The molecule has 0 aromatic rings. The third-order valence-electron chi connectivity index (χ3n) is 1.94. The van der Waals surface area contributed by atoms with Crippen molar-refractivity contribution in [2.75, 3.05) is 33.2 Å². The summed E-state index contributed by atoms with van der Waals surface area (Å²) in [5.74, 6) is 0. The number of nitrogens with one attached hydrogen (secondary N) is 1. The average Bonchev–Trinajstić information content (AvgIpc) is 2.14. The van der Waals surface area contributed by atoms with Crippen molar-refractivity contribution in [2.24, 2.45) is 0 Å². The molecule has 0 atom stereocenters. The van der Waals surface area contributed by atoms with Gasteiger partial charge in [0.2, 0.25) is 0 Å². The van der Waals surface area contributed by atoms with Gasteiger partial charge in [-0.2, -0.15) is 0 Å². The first kappa shape index (κ1) is 7.54. The molecule has 0 saturated carbocycles. The molecular formula is C7H15N3. The second kappa shape index (κ2) is 3.56. The van der Waals surface area contributed by atoms with Gasteiger partial charge in [0, 0.05) is 19.6 Å². The van der Waals surface area contributed by atoms with Crippen molar-refractivity contribution in [2.45, 2.75) is 6.42 Å². The van der Waals surface area contributed by atoms with Crippen LogP contribution in [0.1, 0.15) is 6.42 Å². The summed E-state index contributed by atoms with van der Waals surface area (Å²) in [4.78, 5) is 4.37. The zero-order valence-electron chi connectivity index (χ0n) is 6.51. The number of hydrogen-bond acceptors (Lipinski definition) is 2. The van der Waals surface area contributed by atoms with E-state index in [0.29, 0.717) is 0 Å². The summed E-state index contributed by atoms with van der Waals surface area (Å²) in [6, 6.07) is 0. The van der Waals surface area contributed by atoms with Crippen molar-refractivity contribution < 1.29 is 0 Å². The van der Waals surface area contributed by atoms with E-state index >= 15 is 0 Å². The molecule has 0 aromatic heterocycles. The molecule has 1 saturated heterocycles. The average molecular weight is 141 g/mol.